The first kappa shape index (κ1) is 5.86. The van der Waals surface area contributed by atoms with E-state index in [9.17, 15) is 0 Å². The van der Waals surface area contributed by atoms with E-state index in [0.29, 0.717) is 0 Å². The van der Waals surface area contributed by atoms with Gasteiger partial charge >= 0.3 is 39.5 Å². The monoisotopic (exact) mass is 78.1 g/mol. The Bertz CT molecular complexity index is 44.1. The van der Waals surface area contributed by atoms with Gasteiger partial charge in [0.25, 0.3) is 0 Å². The minimum absolute atomic E-state index is 0.220. The Morgan fingerprint density at radius 3 is 2.50 bits per heavy atom. The van der Waals surface area contributed by atoms with Gasteiger partial charge in [0.15, 0.2) is 0 Å². The summed E-state index contributed by atoms with van der Waals surface area (Å²) in [4.78, 5) is 0. The molecule has 0 heterocycles. The Kier molecular flexibility index (Phi) is 3.00. The molecule has 0 amide bonds. The van der Waals surface area contributed by atoms with Crippen molar-refractivity contribution in [1.29, 1.82) is 0 Å². The second-order valence-corrected chi connectivity index (χ2v) is 1.01. The molecular formula is C2H5B3O. The molecule has 0 fully saturated rings. The van der Waals surface area contributed by atoms with Crippen LogP contribution in [0.2, 0.25) is 6.82 Å². The van der Waals surface area contributed by atoms with Gasteiger partial charge in [-0.1, -0.05) is 0 Å². The average molecular weight is 77.5 g/mol. The van der Waals surface area contributed by atoms with Gasteiger partial charge in [0.05, 0.1) is 0 Å². The first-order valence-electron chi connectivity index (χ1n) is 1.79. The number of hydrogen-bond acceptors (Lipinski definition) is 1. The zero-order valence-electron chi connectivity index (χ0n) is 3.85. The van der Waals surface area contributed by atoms with Crippen molar-refractivity contribution >= 4 is 28.1 Å². The predicted molar refractivity (Wildman–Crippen MR) is 31.3 cm³/mol. The molecule has 0 aliphatic rings. The standard InChI is InChI=1S/C2H5B3O/c1-4-6-5(2)3/h1H2,2H3. The molecule has 0 aliphatic heterocycles. The topological polar surface area (TPSA) is 9.23 Å². The zero-order valence-corrected chi connectivity index (χ0v) is 3.85. The molecule has 6 heavy (non-hydrogen) atoms. The van der Waals surface area contributed by atoms with Crippen LogP contribution >= 0.6 is 0 Å². The molecule has 28 valence electrons. The fourth-order valence-corrected chi connectivity index (χ4v) is 0.152. The Morgan fingerprint density at radius 1 is 2.00 bits per heavy atom. The summed E-state index contributed by atoms with van der Waals surface area (Å²) in [5.41, 5.74) is 0. The van der Waals surface area contributed by atoms with Crippen molar-refractivity contribution in [3.8, 4) is 0 Å². The van der Waals surface area contributed by atoms with E-state index in [-0.39, 0.29) is 6.81 Å². The van der Waals surface area contributed by atoms with Crippen molar-refractivity contribution in [3.05, 3.63) is 0 Å². The van der Waals surface area contributed by atoms with Gasteiger partial charge in [0.2, 0.25) is 0 Å². The van der Waals surface area contributed by atoms with Crippen molar-refractivity contribution in [2.75, 3.05) is 0 Å². The van der Waals surface area contributed by atoms with Crippen molar-refractivity contribution in [3.63, 3.8) is 0 Å². The number of rotatable bonds is 2. The molecular weight excluding hydrogens is 72.5 g/mol. The van der Waals surface area contributed by atoms with Crippen molar-refractivity contribution in [2.45, 2.75) is 6.82 Å². The summed E-state index contributed by atoms with van der Waals surface area (Å²) < 4.78 is 4.58. The van der Waals surface area contributed by atoms with Gasteiger partial charge in [0.1, 0.15) is 0 Å². The first-order chi connectivity index (χ1) is 2.77. The molecule has 0 atom stereocenters. The van der Waals surface area contributed by atoms with Crippen LogP contribution in [0.25, 0.3) is 0 Å². The molecule has 1 nitrogen and oxygen atoms in total. The van der Waals surface area contributed by atoms with Gasteiger partial charge in [-0.15, -0.1) is 0 Å². The third kappa shape index (κ3) is 3.86. The fraction of sp³-hybridized carbons (Fsp3) is 0.500. The minimum atomic E-state index is -0.220. The Morgan fingerprint density at radius 2 is 2.50 bits per heavy atom. The first-order valence-corrected chi connectivity index (χ1v) is 1.79. The molecule has 2 radical (unpaired) electrons. The molecule has 4 heteroatoms. The molecule has 0 saturated carbocycles. The number of hydrogen-bond donors (Lipinski definition) is 0. The van der Waals surface area contributed by atoms with Gasteiger partial charge in [-0.05, 0) is 0 Å². The zero-order chi connectivity index (χ0) is 4.99. The van der Waals surface area contributed by atoms with Crippen LogP contribution in [0, 0.1) is 0 Å². The normalized spacial score (nSPS) is 6.17. The van der Waals surface area contributed by atoms with E-state index in [1.54, 1.807) is 6.82 Å². The van der Waals surface area contributed by atoms with E-state index in [1.165, 1.54) is 7.12 Å². The van der Waals surface area contributed by atoms with E-state index in [1.807, 2.05) is 0 Å². The summed E-state index contributed by atoms with van der Waals surface area (Å²) in [6.45, 7) is 4.82. The van der Waals surface area contributed by atoms with E-state index < -0.39 is 0 Å². The van der Waals surface area contributed by atoms with Crippen LogP contribution in [0.15, 0.2) is 0 Å². The third-order valence-corrected chi connectivity index (χ3v) is 0.311. The van der Waals surface area contributed by atoms with Gasteiger partial charge < -0.3 is 0 Å². The molecule has 0 rings (SSSR count). The van der Waals surface area contributed by atoms with Gasteiger partial charge in [-0.2, -0.15) is 0 Å². The molecule has 0 spiro atoms. The Hall–Kier alpha value is -0.135. The summed E-state index contributed by atoms with van der Waals surface area (Å²) in [6, 6.07) is 0. The third-order valence-electron chi connectivity index (χ3n) is 0.311. The summed E-state index contributed by atoms with van der Waals surface area (Å²) in [6.07, 6.45) is 0. The quantitative estimate of drug-likeness (QED) is 0.398. The van der Waals surface area contributed by atoms with Crippen LogP contribution in [-0.4, -0.2) is 28.1 Å². The van der Waals surface area contributed by atoms with Crippen molar-refractivity contribution in [2.24, 2.45) is 0 Å². The Labute approximate surface area is 40.5 Å². The molecule has 0 unspecified atom stereocenters. The molecule has 0 aliphatic carbocycles. The van der Waals surface area contributed by atoms with Gasteiger partial charge in [-0.25, -0.2) is 0 Å². The average Bonchev–Trinajstić information content (AvgIpc) is 1.35. The fourth-order valence-electron chi connectivity index (χ4n) is 0.152. The van der Waals surface area contributed by atoms with Crippen LogP contribution in [0.3, 0.4) is 0 Å². The van der Waals surface area contributed by atoms with E-state index in [4.69, 9.17) is 7.74 Å². The Balaban J connectivity index is 2.81. The second-order valence-electron chi connectivity index (χ2n) is 1.01. The molecule has 0 aromatic heterocycles. The molecule has 0 saturated heterocycles. The van der Waals surface area contributed by atoms with Crippen LogP contribution in [0.1, 0.15) is 0 Å². The molecule has 0 N–H and O–H groups in total. The van der Waals surface area contributed by atoms with Gasteiger partial charge in [-0.3, -0.25) is 0 Å². The van der Waals surface area contributed by atoms with Crippen molar-refractivity contribution in [1.82, 2.24) is 0 Å². The van der Waals surface area contributed by atoms with Crippen LogP contribution in [-0.2, 0) is 4.57 Å². The van der Waals surface area contributed by atoms with E-state index >= 15 is 0 Å². The SMILES string of the molecule is [B]B(C)OB=C. The van der Waals surface area contributed by atoms with Crippen LogP contribution in [0.5, 0.6) is 0 Å². The summed E-state index contributed by atoms with van der Waals surface area (Å²) >= 11 is 0. The van der Waals surface area contributed by atoms with Crippen LogP contribution in [0.4, 0.5) is 0 Å². The summed E-state index contributed by atoms with van der Waals surface area (Å²) in [7, 11) is 6.43. The molecule has 0 aromatic rings. The molecule has 0 bridgehead atoms. The maximum atomic E-state index is 5.11. The maximum absolute atomic E-state index is 5.11. The summed E-state index contributed by atoms with van der Waals surface area (Å²) in [5.74, 6) is 0. The van der Waals surface area contributed by atoms with Crippen LogP contribution < -0.4 is 0 Å². The van der Waals surface area contributed by atoms with Crippen molar-refractivity contribution < 1.29 is 4.57 Å². The molecule has 0 aromatic carbocycles. The second kappa shape index (κ2) is 3.07. The predicted octanol–water partition coefficient (Wildman–Crippen LogP) is -0.659. The van der Waals surface area contributed by atoms with E-state index in [2.05, 4.69) is 11.0 Å². The van der Waals surface area contributed by atoms with Gasteiger partial charge in [0, 0.05) is 0 Å². The summed E-state index contributed by atoms with van der Waals surface area (Å²) in [5, 5.41) is 0. The van der Waals surface area contributed by atoms with E-state index in [0.717, 1.165) is 0 Å².